The molecule has 10 heteroatoms. The molecule has 8 nitrogen and oxygen atoms in total. The van der Waals surface area contributed by atoms with Gasteiger partial charge in [-0.25, -0.2) is 8.42 Å². The van der Waals surface area contributed by atoms with E-state index in [-0.39, 0.29) is 21.7 Å². The van der Waals surface area contributed by atoms with Crippen molar-refractivity contribution in [3.63, 3.8) is 0 Å². The Labute approximate surface area is 185 Å². The van der Waals surface area contributed by atoms with Gasteiger partial charge in [0.05, 0.1) is 4.90 Å². The van der Waals surface area contributed by atoms with Crippen molar-refractivity contribution < 1.29 is 27.0 Å². The van der Waals surface area contributed by atoms with Crippen molar-refractivity contribution >= 4 is 27.3 Å². The first kappa shape index (κ1) is 21.5. The van der Waals surface area contributed by atoms with E-state index < -0.39 is 9.84 Å². The summed E-state index contributed by atoms with van der Waals surface area (Å²) in [6, 6.07) is 11.3. The molecule has 0 saturated heterocycles. The van der Waals surface area contributed by atoms with E-state index in [4.69, 9.17) is 30.2 Å². The predicted octanol–water partition coefficient (Wildman–Crippen LogP) is 4.05. The van der Waals surface area contributed by atoms with Gasteiger partial charge in [0.25, 0.3) is 0 Å². The van der Waals surface area contributed by atoms with Gasteiger partial charge in [-0.05, 0) is 42.8 Å². The van der Waals surface area contributed by atoms with Crippen LogP contribution in [-0.2, 0) is 14.6 Å². The van der Waals surface area contributed by atoms with Crippen molar-refractivity contribution in [2.75, 3.05) is 38.8 Å². The standard InChI is InChI=1S/C21H21ClN2O6S/c1-27-10-2-9-23-20-21(24-19(30-20)14-3-5-15(22)6-4-14)31(25,26)16-7-8-17-18(13-16)29-12-11-28-17/h3-8,13,23H,2,9-12H2,1H3. The van der Waals surface area contributed by atoms with E-state index in [1.54, 1.807) is 37.4 Å². The number of nitrogens with zero attached hydrogens (tertiary/aromatic N) is 1. The van der Waals surface area contributed by atoms with E-state index in [9.17, 15) is 8.42 Å². The van der Waals surface area contributed by atoms with Crippen LogP contribution in [0.3, 0.4) is 0 Å². The number of aromatic nitrogens is 1. The van der Waals surface area contributed by atoms with Gasteiger partial charge in [0.2, 0.25) is 26.6 Å². The number of benzene rings is 2. The van der Waals surface area contributed by atoms with E-state index >= 15 is 0 Å². The molecule has 1 aliphatic heterocycles. The number of halogens is 1. The largest absolute Gasteiger partial charge is 0.486 e. The fourth-order valence-electron chi connectivity index (χ4n) is 3.04. The van der Waals surface area contributed by atoms with Crippen molar-refractivity contribution in [2.24, 2.45) is 0 Å². The van der Waals surface area contributed by atoms with Crippen LogP contribution < -0.4 is 14.8 Å². The summed E-state index contributed by atoms with van der Waals surface area (Å²) in [5, 5.41) is 3.37. The Hall–Kier alpha value is -2.75. The van der Waals surface area contributed by atoms with Gasteiger partial charge in [-0.2, -0.15) is 4.98 Å². The molecule has 2 aromatic carbocycles. The Kier molecular flexibility index (Phi) is 6.35. The monoisotopic (exact) mass is 464 g/mol. The SMILES string of the molecule is COCCCNc1oc(-c2ccc(Cl)cc2)nc1S(=O)(=O)c1ccc2c(c1)OCCO2. The molecule has 4 rings (SSSR count). The van der Waals surface area contributed by atoms with Crippen molar-refractivity contribution in [2.45, 2.75) is 16.3 Å². The van der Waals surface area contributed by atoms with Crippen LogP contribution in [0, 0.1) is 0 Å². The van der Waals surface area contributed by atoms with Gasteiger partial charge in [0.15, 0.2) is 11.5 Å². The van der Waals surface area contributed by atoms with Crippen LogP contribution in [0.25, 0.3) is 11.5 Å². The first-order chi connectivity index (χ1) is 15.0. The third-order valence-corrected chi connectivity index (χ3v) is 6.49. The Balaban J connectivity index is 1.72. The molecule has 0 fully saturated rings. The van der Waals surface area contributed by atoms with Crippen molar-refractivity contribution in [3.05, 3.63) is 47.5 Å². The summed E-state index contributed by atoms with van der Waals surface area (Å²) >= 11 is 5.95. The summed E-state index contributed by atoms with van der Waals surface area (Å²) in [4.78, 5) is 4.34. The highest BCUT2D eigenvalue weighted by Crippen LogP contribution is 2.37. The van der Waals surface area contributed by atoms with Gasteiger partial charge in [-0.3, -0.25) is 0 Å². The van der Waals surface area contributed by atoms with E-state index in [1.165, 1.54) is 12.1 Å². The third-order valence-electron chi connectivity index (χ3n) is 4.58. The van der Waals surface area contributed by atoms with Crippen LogP contribution in [0.15, 0.2) is 56.8 Å². The average molecular weight is 465 g/mol. The number of methoxy groups -OCH3 is 1. The summed E-state index contributed by atoms with van der Waals surface area (Å²) in [7, 11) is -2.40. The quantitative estimate of drug-likeness (QED) is 0.498. The van der Waals surface area contributed by atoms with Gasteiger partial charge >= 0.3 is 0 Å². The second-order valence-corrected chi connectivity index (χ2v) is 9.04. The minimum atomic E-state index is -4.00. The lowest BCUT2D eigenvalue weighted by Gasteiger charge is -2.18. The lowest BCUT2D eigenvalue weighted by atomic mass is 10.2. The first-order valence-corrected chi connectivity index (χ1v) is 11.5. The molecule has 1 aliphatic rings. The second-order valence-electron chi connectivity index (χ2n) is 6.74. The van der Waals surface area contributed by atoms with Crippen molar-refractivity contribution in [1.82, 2.24) is 4.98 Å². The highest BCUT2D eigenvalue weighted by atomic mass is 35.5. The number of oxazole rings is 1. The highest BCUT2D eigenvalue weighted by molar-refractivity contribution is 7.91. The zero-order chi connectivity index (χ0) is 21.8. The van der Waals surface area contributed by atoms with Crippen molar-refractivity contribution in [3.8, 4) is 23.0 Å². The maximum Gasteiger partial charge on any atom is 0.233 e. The van der Waals surface area contributed by atoms with E-state index in [0.717, 1.165) is 0 Å². The van der Waals surface area contributed by atoms with Crippen LogP contribution in [-0.4, -0.2) is 46.9 Å². The maximum absolute atomic E-state index is 13.4. The molecule has 2 heterocycles. The fraction of sp³-hybridized carbons (Fsp3) is 0.286. The highest BCUT2D eigenvalue weighted by Gasteiger charge is 2.30. The predicted molar refractivity (Wildman–Crippen MR) is 115 cm³/mol. The molecule has 3 aromatic rings. The van der Waals surface area contributed by atoms with Crippen LogP contribution >= 0.6 is 11.6 Å². The molecule has 31 heavy (non-hydrogen) atoms. The summed E-state index contributed by atoms with van der Waals surface area (Å²) in [5.41, 5.74) is 0.605. The Morgan fingerprint density at radius 2 is 1.84 bits per heavy atom. The van der Waals surface area contributed by atoms with E-state index in [0.29, 0.717) is 54.9 Å². The smallest absolute Gasteiger partial charge is 0.233 e. The van der Waals surface area contributed by atoms with Crippen molar-refractivity contribution in [1.29, 1.82) is 0 Å². The summed E-state index contributed by atoms with van der Waals surface area (Å²) < 4.78 is 48.7. The molecular formula is C21H21ClN2O6S. The van der Waals surface area contributed by atoms with Crippen LogP contribution in [0.4, 0.5) is 5.88 Å². The normalized spacial score (nSPS) is 13.2. The van der Waals surface area contributed by atoms with Crippen LogP contribution in [0.5, 0.6) is 11.5 Å². The molecule has 0 spiro atoms. The number of hydrogen-bond donors (Lipinski definition) is 1. The van der Waals surface area contributed by atoms with Gasteiger partial charge in [0, 0.05) is 36.9 Å². The minimum Gasteiger partial charge on any atom is -0.486 e. The Bertz CT molecular complexity index is 1160. The van der Waals surface area contributed by atoms with Gasteiger partial charge in [0.1, 0.15) is 13.2 Å². The summed E-state index contributed by atoms with van der Waals surface area (Å²) in [6.07, 6.45) is 0.664. The van der Waals surface area contributed by atoms with E-state index in [1.807, 2.05) is 0 Å². The molecule has 0 aliphatic carbocycles. The third kappa shape index (κ3) is 4.63. The average Bonchev–Trinajstić information content (AvgIpc) is 3.22. The molecule has 164 valence electrons. The summed E-state index contributed by atoms with van der Waals surface area (Å²) in [5.74, 6) is 1.12. The minimum absolute atomic E-state index is 0.0349. The number of nitrogens with one attached hydrogen (secondary N) is 1. The number of rotatable bonds is 8. The molecular weight excluding hydrogens is 444 g/mol. The lowest BCUT2D eigenvalue weighted by molar-refractivity contribution is 0.171. The second kappa shape index (κ2) is 9.17. The van der Waals surface area contributed by atoms with E-state index in [2.05, 4.69) is 10.3 Å². The lowest BCUT2D eigenvalue weighted by Crippen LogP contribution is -2.16. The van der Waals surface area contributed by atoms with Crippen LogP contribution in [0.1, 0.15) is 6.42 Å². The van der Waals surface area contributed by atoms with Gasteiger partial charge in [-0.1, -0.05) is 11.6 Å². The zero-order valence-corrected chi connectivity index (χ0v) is 18.3. The number of anilines is 1. The number of hydrogen-bond acceptors (Lipinski definition) is 8. The molecule has 0 amide bonds. The first-order valence-electron chi connectivity index (χ1n) is 9.63. The van der Waals surface area contributed by atoms with Gasteiger partial charge < -0.3 is 23.9 Å². The number of fused-ring (bicyclic) bond motifs is 1. The molecule has 1 aromatic heterocycles. The topological polar surface area (TPSA) is 99.9 Å². The Morgan fingerprint density at radius 1 is 1.10 bits per heavy atom. The Morgan fingerprint density at radius 3 is 2.58 bits per heavy atom. The summed E-state index contributed by atoms with van der Waals surface area (Å²) in [6.45, 7) is 1.75. The van der Waals surface area contributed by atoms with Crippen LogP contribution in [0.2, 0.25) is 5.02 Å². The zero-order valence-electron chi connectivity index (χ0n) is 16.8. The molecule has 0 unspecified atom stereocenters. The van der Waals surface area contributed by atoms with Gasteiger partial charge in [-0.15, -0.1) is 0 Å². The molecule has 0 atom stereocenters. The number of sulfone groups is 1. The molecule has 0 bridgehead atoms. The fourth-order valence-corrected chi connectivity index (χ4v) is 4.46. The maximum atomic E-state index is 13.4. The molecule has 0 saturated carbocycles. The molecule has 1 N–H and O–H groups in total. The molecule has 0 radical (unpaired) electrons. The number of ether oxygens (including phenoxy) is 3.